The highest BCUT2D eigenvalue weighted by Gasteiger charge is 2.16. The fraction of sp³-hybridized carbons (Fsp3) is 0.250. The van der Waals surface area contributed by atoms with Crippen molar-refractivity contribution in [1.82, 2.24) is 4.98 Å². The van der Waals surface area contributed by atoms with Crippen LogP contribution in [-0.2, 0) is 0 Å². The molecule has 2 aromatic carbocycles. The summed E-state index contributed by atoms with van der Waals surface area (Å²) in [5, 5.41) is 19.8. The molecule has 0 aliphatic carbocycles. The molecule has 0 fully saturated rings. The molecule has 0 bridgehead atoms. The van der Waals surface area contributed by atoms with Gasteiger partial charge < -0.3 is 9.84 Å². The van der Waals surface area contributed by atoms with Crippen molar-refractivity contribution in [2.24, 2.45) is 0 Å². The second kappa shape index (κ2) is 10.1. The first-order valence-electron chi connectivity index (χ1n) is 9.61. The lowest BCUT2D eigenvalue weighted by Crippen LogP contribution is -2.20. The van der Waals surface area contributed by atoms with Gasteiger partial charge in [0, 0.05) is 12.4 Å². The average Bonchev–Trinajstić information content (AvgIpc) is 2.77. The number of pyridine rings is 1. The van der Waals surface area contributed by atoms with Crippen LogP contribution < -0.4 is 4.74 Å². The number of hydrogen-bond donors (Lipinski definition) is 1. The Kier molecular flexibility index (Phi) is 7.24. The molecule has 148 valence electrons. The molecule has 0 radical (unpaired) electrons. The van der Waals surface area contributed by atoms with E-state index in [-0.39, 0.29) is 12.5 Å². The Morgan fingerprint density at radius 1 is 1.14 bits per heavy atom. The maximum absolute atomic E-state index is 10.4. The first-order chi connectivity index (χ1) is 14.1. The largest absolute Gasteiger partial charge is 0.491 e. The predicted octanol–water partition coefficient (Wildman–Crippen LogP) is 5.60. The third kappa shape index (κ3) is 5.57. The third-order valence-corrected chi connectivity index (χ3v) is 5.24. The molecular formula is C24H23ClN2O2. The van der Waals surface area contributed by atoms with Crippen molar-refractivity contribution >= 4 is 11.6 Å². The third-order valence-electron chi connectivity index (χ3n) is 4.92. The van der Waals surface area contributed by atoms with E-state index in [9.17, 15) is 5.11 Å². The molecule has 0 aliphatic rings. The number of nitriles is 1. The molecule has 29 heavy (non-hydrogen) atoms. The molecule has 3 rings (SSSR count). The summed E-state index contributed by atoms with van der Waals surface area (Å²) in [6.45, 7) is 2.35. The number of ether oxygens (including phenoxy) is 1. The first-order valence-corrected chi connectivity index (χ1v) is 9.99. The number of halogens is 1. The molecule has 4 nitrogen and oxygen atoms in total. The van der Waals surface area contributed by atoms with Gasteiger partial charge in [0.25, 0.3) is 0 Å². The molecule has 2 atom stereocenters. The minimum atomic E-state index is -0.558. The monoisotopic (exact) mass is 406 g/mol. The zero-order valence-electron chi connectivity index (χ0n) is 16.3. The van der Waals surface area contributed by atoms with Crippen molar-refractivity contribution in [3.63, 3.8) is 0 Å². The lowest BCUT2D eigenvalue weighted by Gasteiger charge is -2.19. The lowest BCUT2D eigenvalue weighted by molar-refractivity contribution is 0.0929. The Morgan fingerprint density at radius 2 is 1.90 bits per heavy atom. The molecule has 1 N–H and O–H groups in total. The van der Waals surface area contributed by atoms with Crippen LogP contribution in [0.25, 0.3) is 11.1 Å². The van der Waals surface area contributed by atoms with E-state index in [1.807, 2.05) is 48.7 Å². The summed E-state index contributed by atoms with van der Waals surface area (Å²) >= 11 is 6.11. The number of aliphatic hydroxyl groups excluding tert-OH is 1. The molecule has 5 heteroatoms. The van der Waals surface area contributed by atoms with Gasteiger partial charge in [0.15, 0.2) is 0 Å². The number of hydrogen-bond acceptors (Lipinski definition) is 4. The van der Waals surface area contributed by atoms with Gasteiger partial charge in [-0.3, -0.25) is 4.98 Å². The van der Waals surface area contributed by atoms with Gasteiger partial charge in [0.2, 0.25) is 0 Å². The molecule has 1 heterocycles. The highest BCUT2D eigenvalue weighted by molar-refractivity contribution is 6.32. The van der Waals surface area contributed by atoms with E-state index in [2.05, 4.69) is 18.0 Å². The summed E-state index contributed by atoms with van der Waals surface area (Å²) in [7, 11) is 0. The van der Waals surface area contributed by atoms with E-state index >= 15 is 0 Å². The SMILES string of the molecule is CCC(CC(O)COc1ccc(-c2ccc(C#N)c(Cl)c2)cc1)c1cccnc1. The minimum Gasteiger partial charge on any atom is -0.491 e. The number of nitrogens with zero attached hydrogens (tertiary/aromatic N) is 2. The number of benzene rings is 2. The number of aromatic nitrogens is 1. The molecule has 0 amide bonds. The molecule has 1 aromatic heterocycles. The molecule has 0 spiro atoms. The fourth-order valence-corrected chi connectivity index (χ4v) is 3.50. The predicted molar refractivity (Wildman–Crippen MR) is 115 cm³/mol. The van der Waals surface area contributed by atoms with Crippen LogP contribution in [0.4, 0.5) is 0 Å². The van der Waals surface area contributed by atoms with Gasteiger partial charge >= 0.3 is 0 Å². The normalized spacial score (nSPS) is 12.8. The van der Waals surface area contributed by atoms with Gasteiger partial charge in [-0.1, -0.05) is 42.8 Å². The summed E-state index contributed by atoms with van der Waals surface area (Å²) in [5.74, 6) is 0.952. The van der Waals surface area contributed by atoms with Gasteiger partial charge in [-0.15, -0.1) is 0 Å². The van der Waals surface area contributed by atoms with Crippen LogP contribution in [0, 0.1) is 11.3 Å². The molecule has 3 aromatic rings. The van der Waals surface area contributed by atoms with Crippen molar-refractivity contribution in [2.45, 2.75) is 31.8 Å². The van der Waals surface area contributed by atoms with Crippen LogP contribution in [0.5, 0.6) is 5.75 Å². The van der Waals surface area contributed by atoms with E-state index in [4.69, 9.17) is 21.6 Å². The zero-order valence-corrected chi connectivity index (χ0v) is 17.0. The van der Waals surface area contributed by atoms with E-state index < -0.39 is 6.10 Å². The highest BCUT2D eigenvalue weighted by Crippen LogP contribution is 2.28. The van der Waals surface area contributed by atoms with Crippen LogP contribution in [-0.4, -0.2) is 22.8 Å². The average molecular weight is 407 g/mol. The quantitative estimate of drug-likeness (QED) is 0.529. The zero-order chi connectivity index (χ0) is 20.6. The second-order valence-electron chi connectivity index (χ2n) is 6.92. The topological polar surface area (TPSA) is 66.1 Å². The molecule has 0 saturated heterocycles. The van der Waals surface area contributed by atoms with E-state index in [1.165, 1.54) is 0 Å². The minimum absolute atomic E-state index is 0.235. The van der Waals surface area contributed by atoms with Crippen LogP contribution in [0.1, 0.15) is 36.8 Å². The fourth-order valence-electron chi connectivity index (χ4n) is 3.27. The molecule has 0 aliphatic heterocycles. The molecular weight excluding hydrogens is 384 g/mol. The van der Waals surface area contributed by atoms with E-state index in [0.717, 1.165) is 23.1 Å². The van der Waals surface area contributed by atoms with E-state index in [1.54, 1.807) is 18.3 Å². The Labute approximate surface area is 176 Å². The molecule has 0 saturated carbocycles. The Bertz CT molecular complexity index is 968. The maximum atomic E-state index is 10.4. The van der Waals surface area contributed by atoms with Crippen LogP contribution in [0.15, 0.2) is 67.0 Å². The number of rotatable bonds is 8. The smallest absolute Gasteiger partial charge is 0.119 e. The van der Waals surface area contributed by atoms with E-state index in [0.29, 0.717) is 22.8 Å². The first kappa shape index (κ1) is 20.9. The van der Waals surface area contributed by atoms with Crippen molar-refractivity contribution in [3.8, 4) is 22.9 Å². The van der Waals surface area contributed by atoms with Gasteiger partial charge in [0.05, 0.1) is 16.7 Å². The summed E-state index contributed by atoms with van der Waals surface area (Å²) in [6.07, 6.45) is 4.62. The summed E-state index contributed by atoms with van der Waals surface area (Å²) in [4.78, 5) is 4.17. The Hall–Kier alpha value is -2.87. The standard InChI is InChI=1S/C24H23ClN2O2/c1-2-17(21-4-3-11-27-15-21)12-22(28)16-29-23-9-7-18(8-10-23)19-5-6-20(14-26)24(25)13-19/h3-11,13,15,17,22,28H,2,12,16H2,1H3. The Morgan fingerprint density at radius 3 is 2.52 bits per heavy atom. The summed E-state index contributed by atoms with van der Waals surface area (Å²) in [5.41, 5.74) is 3.51. The summed E-state index contributed by atoms with van der Waals surface area (Å²) < 4.78 is 5.77. The Balaban J connectivity index is 1.57. The summed E-state index contributed by atoms with van der Waals surface area (Å²) in [6, 6.07) is 19.0. The van der Waals surface area contributed by atoms with Crippen molar-refractivity contribution in [3.05, 3.63) is 83.1 Å². The van der Waals surface area contributed by atoms with Crippen LogP contribution in [0.2, 0.25) is 5.02 Å². The van der Waals surface area contributed by atoms with Crippen LogP contribution in [0.3, 0.4) is 0 Å². The van der Waals surface area contributed by atoms with Gasteiger partial charge in [0.1, 0.15) is 18.4 Å². The lowest BCUT2D eigenvalue weighted by atomic mass is 9.92. The van der Waals surface area contributed by atoms with Gasteiger partial charge in [-0.05, 0) is 65.8 Å². The van der Waals surface area contributed by atoms with Crippen LogP contribution >= 0.6 is 11.6 Å². The van der Waals surface area contributed by atoms with Crippen molar-refractivity contribution in [1.29, 1.82) is 5.26 Å². The molecule has 2 unspecified atom stereocenters. The second-order valence-corrected chi connectivity index (χ2v) is 7.33. The van der Waals surface area contributed by atoms with Gasteiger partial charge in [-0.25, -0.2) is 0 Å². The van der Waals surface area contributed by atoms with Crippen molar-refractivity contribution in [2.75, 3.05) is 6.61 Å². The van der Waals surface area contributed by atoms with Crippen molar-refractivity contribution < 1.29 is 9.84 Å². The number of aliphatic hydroxyl groups is 1. The highest BCUT2D eigenvalue weighted by atomic mass is 35.5. The maximum Gasteiger partial charge on any atom is 0.119 e. The van der Waals surface area contributed by atoms with Gasteiger partial charge in [-0.2, -0.15) is 5.26 Å².